The molecule has 0 aliphatic carbocycles. The van der Waals surface area contributed by atoms with Crippen molar-refractivity contribution in [1.29, 1.82) is 0 Å². The Morgan fingerprint density at radius 1 is 0.696 bits per heavy atom. The molecule has 0 bridgehead atoms. The Labute approximate surface area is 136 Å². The first-order valence-corrected chi connectivity index (χ1v) is 7.54. The Balaban J connectivity index is 1.81. The number of nitrogens with one attached hydrogen (secondary N) is 2. The van der Waals surface area contributed by atoms with Gasteiger partial charge in [0.05, 0.1) is 5.69 Å². The number of aryl methyl sites for hydroxylation is 2. The number of rotatable bonds is 4. The molecule has 1 heterocycles. The first-order chi connectivity index (χ1) is 11.1. The lowest BCUT2D eigenvalue weighted by molar-refractivity contribution is 1.29. The molecule has 0 unspecified atom stereocenters. The minimum absolute atomic E-state index is 0.611. The summed E-state index contributed by atoms with van der Waals surface area (Å²) in [5.74, 6) is 1.39. The molecule has 3 rings (SSSR count). The van der Waals surface area contributed by atoms with Crippen LogP contribution in [0.5, 0.6) is 0 Å². The van der Waals surface area contributed by atoms with Crippen molar-refractivity contribution in [2.24, 2.45) is 0 Å². The van der Waals surface area contributed by atoms with E-state index in [9.17, 15) is 0 Å². The van der Waals surface area contributed by atoms with Crippen molar-refractivity contribution in [2.45, 2.75) is 13.8 Å². The standard InChI is InChI=1S/C19H20N4/c1-13-3-7-15(8-4-13)21-18-12-11-17(20)19(23-18)22-16-9-5-14(2)6-10-16/h3-12H,20H2,1-2H3,(H2,21,22,23). The zero-order chi connectivity index (χ0) is 16.2. The van der Waals surface area contributed by atoms with Gasteiger partial charge in [0.25, 0.3) is 0 Å². The highest BCUT2D eigenvalue weighted by molar-refractivity contribution is 5.72. The third-order valence-corrected chi connectivity index (χ3v) is 3.56. The molecule has 1 aromatic heterocycles. The SMILES string of the molecule is Cc1ccc(Nc2ccc(N)c(Nc3ccc(C)cc3)n2)cc1. The monoisotopic (exact) mass is 304 g/mol. The maximum atomic E-state index is 6.03. The third-order valence-electron chi connectivity index (χ3n) is 3.56. The largest absolute Gasteiger partial charge is 0.396 e. The van der Waals surface area contributed by atoms with E-state index in [4.69, 9.17) is 5.73 Å². The Kier molecular flexibility index (Phi) is 4.15. The number of hydrogen-bond acceptors (Lipinski definition) is 4. The molecule has 2 aromatic carbocycles. The summed E-state index contributed by atoms with van der Waals surface area (Å²) >= 11 is 0. The smallest absolute Gasteiger partial charge is 0.156 e. The van der Waals surface area contributed by atoms with E-state index in [1.807, 2.05) is 48.5 Å². The Morgan fingerprint density at radius 2 is 1.22 bits per heavy atom. The van der Waals surface area contributed by atoms with Crippen LogP contribution in [0.4, 0.5) is 28.7 Å². The maximum absolute atomic E-state index is 6.03. The Morgan fingerprint density at radius 3 is 1.78 bits per heavy atom. The van der Waals surface area contributed by atoms with Gasteiger partial charge in [0.1, 0.15) is 5.82 Å². The van der Waals surface area contributed by atoms with E-state index < -0.39 is 0 Å². The summed E-state index contributed by atoms with van der Waals surface area (Å²) in [6.07, 6.45) is 0. The summed E-state index contributed by atoms with van der Waals surface area (Å²) in [5, 5.41) is 6.55. The number of anilines is 5. The van der Waals surface area contributed by atoms with Gasteiger partial charge < -0.3 is 16.4 Å². The molecule has 4 heteroatoms. The van der Waals surface area contributed by atoms with Crippen LogP contribution >= 0.6 is 0 Å². The highest BCUT2D eigenvalue weighted by Gasteiger charge is 2.04. The Bertz CT molecular complexity index is 793. The van der Waals surface area contributed by atoms with Gasteiger partial charge >= 0.3 is 0 Å². The van der Waals surface area contributed by atoms with Crippen LogP contribution in [0.3, 0.4) is 0 Å². The van der Waals surface area contributed by atoms with Crippen LogP contribution in [0.25, 0.3) is 0 Å². The van der Waals surface area contributed by atoms with Crippen LogP contribution in [-0.4, -0.2) is 4.98 Å². The lowest BCUT2D eigenvalue weighted by Crippen LogP contribution is -2.02. The van der Waals surface area contributed by atoms with Crippen LogP contribution in [0.15, 0.2) is 60.7 Å². The lowest BCUT2D eigenvalue weighted by Gasteiger charge is -2.12. The molecule has 0 amide bonds. The van der Waals surface area contributed by atoms with Gasteiger partial charge in [-0.15, -0.1) is 0 Å². The minimum atomic E-state index is 0.611. The molecule has 0 aliphatic rings. The molecular formula is C19H20N4. The van der Waals surface area contributed by atoms with Gasteiger partial charge in [-0.25, -0.2) is 4.98 Å². The minimum Gasteiger partial charge on any atom is -0.396 e. The summed E-state index contributed by atoms with van der Waals surface area (Å²) < 4.78 is 0. The van der Waals surface area contributed by atoms with Crippen molar-refractivity contribution >= 4 is 28.7 Å². The van der Waals surface area contributed by atoms with Gasteiger partial charge in [-0.05, 0) is 50.2 Å². The second-order valence-corrected chi connectivity index (χ2v) is 5.62. The summed E-state index contributed by atoms with van der Waals surface area (Å²) in [6, 6.07) is 20.0. The van der Waals surface area contributed by atoms with Crippen molar-refractivity contribution in [3.05, 3.63) is 71.8 Å². The molecule has 0 aliphatic heterocycles. The zero-order valence-electron chi connectivity index (χ0n) is 13.3. The molecule has 0 radical (unpaired) electrons. The van der Waals surface area contributed by atoms with Crippen molar-refractivity contribution in [2.75, 3.05) is 16.4 Å². The molecular weight excluding hydrogens is 284 g/mol. The van der Waals surface area contributed by atoms with Gasteiger partial charge in [0.2, 0.25) is 0 Å². The zero-order valence-corrected chi connectivity index (χ0v) is 13.3. The van der Waals surface area contributed by atoms with Crippen molar-refractivity contribution in [1.82, 2.24) is 4.98 Å². The van der Waals surface area contributed by atoms with Crippen LogP contribution < -0.4 is 16.4 Å². The molecule has 116 valence electrons. The average Bonchev–Trinajstić information content (AvgIpc) is 2.55. The van der Waals surface area contributed by atoms with E-state index in [0.29, 0.717) is 11.5 Å². The summed E-state index contributed by atoms with van der Waals surface area (Å²) in [4.78, 5) is 4.56. The van der Waals surface area contributed by atoms with E-state index in [0.717, 1.165) is 17.2 Å². The summed E-state index contributed by atoms with van der Waals surface area (Å²) in [6.45, 7) is 4.12. The maximum Gasteiger partial charge on any atom is 0.156 e. The average molecular weight is 304 g/mol. The van der Waals surface area contributed by atoms with Crippen LogP contribution in [0.1, 0.15) is 11.1 Å². The van der Waals surface area contributed by atoms with Crippen LogP contribution in [-0.2, 0) is 0 Å². The van der Waals surface area contributed by atoms with Gasteiger partial charge in [-0.3, -0.25) is 0 Å². The first kappa shape index (κ1) is 14.9. The predicted octanol–water partition coefficient (Wildman–Crippen LogP) is 4.77. The number of pyridine rings is 1. The van der Waals surface area contributed by atoms with Crippen molar-refractivity contribution < 1.29 is 0 Å². The molecule has 0 fully saturated rings. The van der Waals surface area contributed by atoms with Crippen LogP contribution in [0.2, 0.25) is 0 Å². The molecule has 0 atom stereocenters. The molecule has 4 N–H and O–H groups in total. The molecule has 0 saturated heterocycles. The number of hydrogen-bond donors (Lipinski definition) is 3. The fraction of sp³-hybridized carbons (Fsp3) is 0.105. The fourth-order valence-electron chi connectivity index (χ4n) is 2.20. The summed E-state index contributed by atoms with van der Waals surface area (Å²) in [7, 11) is 0. The first-order valence-electron chi connectivity index (χ1n) is 7.54. The van der Waals surface area contributed by atoms with E-state index in [-0.39, 0.29) is 0 Å². The van der Waals surface area contributed by atoms with Gasteiger partial charge in [-0.1, -0.05) is 35.4 Å². The Hall–Kier alpha value is -3.01. The molecule has 0 spiro atoms. The predicted molar refractivity (Wildman–Crippen MR) is 97.6 cm³/mol. The quantitative estimate of drug-likeness (QED) is 0.650. The van der Waals surface area contributed by atoms with Gasteiger partial charge in [-0.2, -0.15) is 0 Å². The molecule has 0 saturated carbocycles. The number of nitrogen functional groups attached to an aromatic ring is 1. The number of nitrogens with zero attached hydrogens (tertiary/aromatic N) is 1. The molecule has 3 aromatic rings. The second kappa shape index (κ2) is 6.40. The number of aromatic nitrogens is 1. The van der Waals surface area contributed by atoms with Gasteiger partial charge in [0, 0.05) is 11.4 Å². The second-order valence-electron chi connectivity index (χ2n) is 5.62. The highest BCUT2D eigenvalue weighted by Crippen LogP contribution is 2.24. The van der Waals surface area contributed by atoms with E-state index >= 15 is 0 Å². The molecule has 4 nitrogen and oxygen atoms in total. The summed E-state index contributed by atoms with van der Waals surface area (Å²) in [5.41, 5.74) is 11.0. The number of nitrogens with two attached hydrogens (primary N) is 1. The van der Waals surface area contributed by atoms with Crippen molar-refractivity contribution in [3.63, 3.8) is 0 Å². The third kappa shape index (κ3) is 3.80. The van der Waals surface area contributed by atoms with E-state index in [1.54, 1.807) is 0 Å². The van der Waals surface area contributed by atoms with Crippen LogP contribution in [0, 0.1) is 13.8 Å². The van der Waals surface area contributed by atoms with E-state index in [1.165, 1.54) is 11.1 Å². The van der Waals surface area contributed by atoms with Gasteiger partial charge in [0.15, 0.2) is 5.82 Å². The highest BCUT2D eigenvalue weighted by atomic mass is 15.1. The number of benzene rings is 2. The topological polar surface area (TPSA) is 63.0 Å². The van der Waals surface area contributed by atoms with E-state index in [2.05, 4.69) is 41.6 Å². The lowest BCUT2D eigenvalue weighted by atomic mass is 10.2. The van der Waals surface area contributed by atoms with Crippen molar-refractivity contribution in [3.8, 4) is 0 Å². The molecule has 23 heavy (non-hydrogen) atoms. The fourth-order valence-corrected chi connectivity index (χ4v) is 2.20. The normalized spacial score (nSPS) is 10.3.